The molecule has 0 saturated carbocycles. The van der Waals surface area contributed by atoms with E-state index in [4.69, 9.17) is 4.74 Å². The largest absolute Gasteiger partial charge is 0.490 e. The van der Waals surface area contributed by atoms with E-state index >= 15 is 0 Å². The maximum atomic E-state index is 13.3. The van der Waals surface area contributed by atoms with E-state index in [9.17, 15) is 9.59 Å². The molecule has 1 N–H and O–H groups in total. The summed E-state index contributed by atoms with van der Waals surface area (Å²) in [5.74, 6) is 0.787. The monoisotopic (exact) mass is 432 g/mol. The minimum Gasteiger partial charge on any atom is -0.490 e. The van der Waals surface area contributed by atoms with Gasteiger partial charge in [0, 0.05) is 16.6 Å². The van der Waals surface area contributed by atoms with Crippen molar-refractivity contribution in [2.75, 3.05) is 11.9 Å². The molecule has 2 aromatic heterocycles. The van der Waals surface area contributed by atoms with Gasteiger partial charge in [0.25, 0.3) is 11.5 Å². The fraction of sp³-hybridized carbons (Fsp3) is 0.130. The summed E-state index contributed by atoms with van der Waals surface area (Å²) in [7, 11) is 0. The van der Waals surface area contributed by atoms with Gasteiger partial charge in [-0.3, -0.25) is 19.5 Å². The quantitative estimate of drug-likeness (QED) is 0.460. The Morgan fingerprint density at radius 3 is 2.84 bits per heavy atom. The molecule has 0 fully saturated rings. The number of benzene rings is 2. The first-order valence-electron chi connectivity index (χ1n) is 9.57. The summed E-state index contributed by atoms with van der Waals surface area (Å²) in [6, 6.07) is 12.1. The molecule has 31 heavy (non-hydrogen) atoms. The summed E-state index contributed by atoms with van der Waals surface area (Å²) in [6.45, 7) is 7.65. The molecule has 2 aromatic carbocycles. The van der Waals surface area contributed by atoms with Gasteiger partial charge in [0.15, 0.2) is 5.13 Å². The molecular formula is C23H20N4O3S. The molecule has 2 heterocycles. The van der Waals surface area contributed by atoms with Gasteiger partial charge in [-0.15, -0.1) is 11.3 Å². The van der Waals surface area contributed by atoms with Crippen molar-refractivity contribution in [3.63, 3.8) is 0 Å². The molecule has 1 amide bonds. The van der Waals surface area contributed by atoms with Crippen molar-refractivity contribution in [2.45, 2.75) is 13.8 Å². The van der Waals surface area contributed by atoms with Crippen molar-refractivity contribution in [1.29, 1.82) is 0 Å². The minimum absolute atomic E-state index is 0.236. The van der Waals surface area contributed by atoms with Crippen LogP contribution in [0.15, 0.2) is 66.1 Å². The predicted octanol–water partition coefficient (Wildman–Crippen LogP) is 4.28. The molecule has 0 aliphatic carbocycles. The van der Waals surface area contributed by atoms with E-state index in [1.165, 1.54) is 15.9 Å². The number of thiazole rings is 1. The number of hydrogen-bond donors (Lipinski definition) is 1. The summed E-state index contributed by atoms with van der Waals surface area (Å²) >= 11 is 1.40. The molecule has 0 bridgehead atoms. The van der Waals surface area contributed by atoms with Crippen LogP contribution in [0.2, 0.25) is 0 Å². The normalized spacial score (nSPS) is 10.8. The Balaban J connectivity index is 1.74. The number of nitrogens with one attached hydrogen (secondary N) is 1. The number of hydrogen-bond acceptors (Lipinski definition) is 6. The molecule has 0 unspecified atom stereocenters. The molecule has 8 heteroatoms. The van der Waals surface area contributed by atoms with Crippen LogP contribution in [0.5, 0.6) is 5.75 Å². The molecule has 0 aliphatic rings. The van der Waals surface area contributed by atoms with Crippen LogP contribution in [-0.2, 0) is 0 Å². The third-order valence-corrected chi connectivity index (χ3v) is 5.41. The Hall–Kier alpha value is -3.78. The molecule has 0 atom stereocenters. The Morgan fingerprint density at radius 2 is 2.10 bits per heavy atom. The number of carbonyl (C=O) groups is 1. The summed E-state index contributed by atoms with van der Waals surface area (Å²) in [5.41, 5.74) is 1.31. The zero-order valence-corrected chi connectivity index (χ0v) is 17.9. The number of rotatable bonds is 6. The summed E-state index contributed by atoms with van der Waals surface area (Å²) in [4.78, 5) is 35.7. The van der Waals surface area contributed by atoms with Crippen LogP contribution < -0.4 is 15.6 Å². The van der Waals surface area contributed by atoms with E-state index in [1.54, 1.807) is 61.7 Å². The molecule has 156 valence electrons. The number of nitrogens with zero attached hydrogens (tertiary/aromatic N) is 3. The van der Waals surface area contributed by atoms with E-state index in [1.807, 2.05) is 6.92 Å². The molecule has 4 aromatic rings. The topological polar surface area (TPSA) is 86.1 Å². The second kappa shape index (κ2) is 8.53. The van der Waals surface area contributed by atoms with Gasteiger partial charge in [-0.2, -0.15) is 0 Å². The molecular weight excluding hydrogens is 412 g/mol. The SMILES string of the molecule is C=CCOc1ccc2nc(C)n(-c3cccc(C(=O)Nc4ncc(C)s4)c3)c(=O)c2c1. The molecule has 0 aliphatic heterocycles. The first-order chi connectivity index (χ1) is 15.0. The lowest BCUT2D eigenvalue weighted by atomic mass is 10.1. The van der Waals surface area contributed by atoms with Crippen LogP contribution in [-0.4, -0.2) is 27.0 Å². The zero-order chi connectivity index (χ0) is 22.0. The first kappa shape index (κ1) is 20.5. The van der Waals surface area contributed by atoms with Crippen molar-refractivity contribution in [2.24, 2.45) is 0 Å². The fourth-order valence-corrected chi connectivity index (χ4v) is 3.85. The standard InChI is InChI=1S/C23H20N4O3S/c1-4-10-30-18-8-9-20-19(12-18)22(29)27(15(3)25-20)17-7-5-6-16(11-17)21(28)26-23-24-13-14(2)31-23/h4-9,11-13H,1,10H2,2-3H3,(H,24,26,28). The lowest BCUT2D eigenvalue weighted by Crippen LogP contribution is -2.23. The van der Waals surface area contributed by atoms with Crippen LogP contribution in [0.1, 0.15) is 21.1 Å². The highest BCUT2D eigenvalue weighted by Crippen LogP contribution is 2.21. The van der Waals surface area contributed by atoms with Crippen LogP contribution in [0, 0.1) is 13.8 Å². The van der Waals surface area contributed by atoms with Gasteiger partial charge in [0.05, 0.1) is 16.6 Å². The van der Waals surface area contributed by atoms with Crippen molar-refractivity contribution >= 4 is 33.3 Å². The van der Waals surface area contributed by atoms with Gasteiger partial charge in [0.2, 0.25) is 0 Å². The van der Waals surface area contributed by atoms with E-state index < -0.39 is 0 Å². The summed E-state index contributed by atoms with van der Waals surface area (Å²) in [6.07, 6.45) is 3.34. The molecule has 7 nitrogen and oxygen atoms in total. The van der Waals surface area contributed by atoms with Gasteiger partial charge >= 0.3 is 0 Å². The maximum Gasteiger partial charge on any atom is 0.266 e. The predicted molar refractivity (Wildman–Crippen MR) is 123 cm³/mol. The van der Waals surface area contributed by atoms with Gasteiger partial charge < -0.3 is 4.74 Å². The average Bonchev–Trinajstić information content (AvgIpc) is 3.17. The number of anilines is 1. The van der Waals surface area contributed by atoms with Crippen LogP contribution in [0.4, 0.5) is 5.13 Å². The van der Waals surface area contributed by atoms with Crippen LogP contribution in [0.3, 0.4) is 0 Å². The Labute approximate surface area is 182 Å². The van der Waals surface area contributed by atoms with Crippen molar-refractivity contribution in [3.8, 4) is 11.4 Å². The first-order valence-corrected chi connectivity index (χ1v) is 10.4. The van der Waals surface area contributed by atoms with Crippen LogP contribution >= 0.6 is 11.3 Å². The second-order valence-electron chi connectivity index (χ2n) is 6.86. The summed E-state index contributed by atoms with van der Waals surface area (Å²) in [5, 5.41) is 3.74. The number of aromatic nitrogens is 3. The van der Waals surface area contributed by atoms with E-state index in [0.29, 0.717) is 45.5 Å². The third kappa shape index (κ3) is 4.24. The van der Waals surface area contributed by atoms with Crippen molar-refractivity contribution in [1.82, 2.24) is 14.5 Å². The van der Waals surface area contributed by atoms with E-state index in [0.717, 1.165) is 4.88 Å². The molecule has 4 rings (SSSR count). The highest BCUT2D eigenvalue weighted by atomic mass is 32.1. The smallest absolute Gasteiger partial charge is 0.266 e. The number of fused-ring (bicyclic) bond motifs is 1. The van der Waals surface area contributed by atoms with Gasteiger partial charge in [-0.1, -0.05) is 18.7 Å². The minimum atomic E-state index is -0.296. The van der Waals surface area contributed by atoms with E-state index in [2.05, 4.69) is 21.9 Å². The molecule has 0 radical (unpaired) electrons. The fourth-order valence-electron chi connectivity index (χ4n) is 3.19. The molecule has 0 saturated heterocycles. The number of carbonyl (C=O) groups excluding carboxylic acids is 1. The second-order valence-corrected chi connectivity index (χ2v) is 8.09. The summed E-state index contributed by atoms with van der Waals surface area (Å²) < 4.78 is 7.04. The highest BCUT2D eigenvalue weighted by Gasteiger charge is 2.14. The van der Waals surface area contributed by atoms with Crippen LogP contribution in [0.25, 0.3) is 16.6 Å². The average molecular weight is 433 g/mol. The lowest BCUT2D eigenvalue weighted by Gasteiger charge is -2.13. The van der Waals surface area contributed by atoms with E-state index in [-0.39, 0.29) is 11.5 Å². The highest BCUT2D eigenvalue weighted by molar-refractivity contribution is 7.15. The zero-order valence-electron chi connectivity index (χ0n) is 17.1. The van der Waals surface area contributed by atoms with Crippen molar-refractivity contribution in [3.05, 3.63) is 87.9 Å². The Morgan fingerprint density at radius 1 is 1.26 bits per heavy atom. The Bertz CT molecular complexity index is 1360. The number of amides is 1. The number of ether oxygens (including phenoxy) is 1. The lowest BCUT2D eigenvalue weighted by molar-refractivity contribution is 0.102. The molecule has 0 spiro atoms. The maximum absolute atomic E-state index is 13.3. The Kier molecular flexibility index (Phi) is 5.64. The van der Waals surface area contributed by atoms with Gasteiger partial charge in [0.1, 0.15) is 18.2 Å². The van der Waals surface area contributed by atoms with Gasteiger partial charge in [-0.05, 0) is 50.2 Å². The third-order valence-electron chi connectivity index (χ3n) is 4.58. The van der Waals surface area contributed by atoms with Gasteiger partial charge in [-0.25, -0.2) is 9.97 Å². The van der Waals surface area contributed by atoms with Crippen molar-refractivity contribution < 1.29 is 9.53 Å². The number of aryl methyl sites for hydroxylation is 2.